The van der Waals surface area contributed by atoms with Gasteiger partial charge in [0, 0.05) is 32.6 Å². The fraction of sp³-hybridized carbons (Fsp3) is 0.529. The van der Waals surface area contributed by atoms with Gasteiger partial charge in [-0.2, -0.15) is 0 Å². The number of carbonyl (C=O) groups excluding carboxylic acids is 2. The fourth-order valence-corrected chi connectivity index (χ4v) is 2.80. The molecule has 23 heavy (non-hydrogen) atoms. The first kappa shape index (κ1) is 17.3. The van der Waals surface area contributed by atoms with Crippen LogP contribution in [-0.2, 0) is 9.59 Å². The smallest absolute Gasteiger partial charge is 0.225 e. The van der Waals surface area contributed by atoms with Crippen LogP contribution in [0.3, 0.4) is 0 Å². The van der Waals surface area contributed by atoms with Gasteiger partial charge in [-0.25, -0.2) is 0 Å². The number of amides is 2. The van der Waals surface area contributed by atoms with Crippen LogP contribution in [0.25, 0.3) is 0 Å². The second-order valence-electron chi connectivity index (χ2n) is 5.93. The Bertz CT molecular complexity index is 545. The van der Waals surface area contributed by atoms with Crippen LogP contribution in [0.1, 0.15) is 31.9 Å². The van der Waals surface area contributed by atoms with Crippen LogP contribution in [0, 0.1) is 0 Å². The van der Waals surface area contributed by atoms with Gasteiger partial charge in [-0.1, -0.05) is 12.1 Å². The van der Waals surface area contributed by atoms with Crippen molar-refractivity contribution in [3.05, 3.63) is 29.8 Å². The van der Waals surface area contributed by atoms with Gasteiger partial charge < -0.3 is 20.3 Å². The Labute approximate surface area is 137 Å². The zero-order valence-electron chi connectivity index (χ0n) is 14.0. The molecule has 0 unspecified atom stereocenters. The van der Waals surface area contributed by atoms with Crippen LogP contribution in [-0.4, -0.2) is 49.5 Å². The summed E-state index contributed by atoms with van der Waals surface area (Å²) in [6, 6.07) is 7.41. The number of hydrogen-bond donors (Lipinski definition) is 2. The van der Waals surface area contributed by atoms with E-state index in [1.807, 2.05) is 29.2 Å². The molecule has 6 heteroatoms. The van der Waals surface area contributed by atoms with Crippen molar-refractivity contribution in [1.82, 2.24) is 15.5 Å². The molecular formula is C17H25N3O3. The Kier molecular flexibility index (Phi) is 5.98. The lowest BCUT2D eigenvalue weighted by Gasteiger charge is -2.33. The molecule has 1 aliphatic rings. The molecule has 0 radical (unpaired) electrons. The highest BCUT2D eigenvalue weighted by Crippen LogP contribution is 2.21. The summed E-state index contributed by atoms with van der Waals surface area (Å²) < 4.78 is 5.15. The van der Waals surface area contributed by atoms with Crippen molar-refractivity contribution in [2.75, 3.05) is 26.7 Å². The summed E-state index contributed by atoms with van der Waals surface area (Å²) in [5.41, 5.74) is 0.900. The summed E-state index contributed by atoms with van der Waals surface area (Å²) in [5, 5.41) is 6.19. The first-order chi connectivity index (χ1) is 11.0. The summed E-state index contributed by atoms with van der Waals surface area (Å²) in [6.07, 6.45) is 0.263. The van der Waals surface area contributed by atoms with Gasteiger partial charge in [0.25, 0.3) is 0 Å². The van der Waals surface area contributed by atoms with Gasteiger partial charge in [-0.15, -0.1) is 0 Å². The number of nitrogens with zero attached hydrogens (tertiary/aromatic N) is 1. The van der Waals surface area contributed by atoms with Crippen molar-refractivity contribution in [3.8, 4) is 5.75 Å². The van der Waals surface area contributed by atoms with E-state index in [-0.39, 0.29) is 24.3 Å². The van der Waals surface area contributed by atoms with Gasteiger partial charge in [0.15, 0.2) is 0 Å². The normalized spacial score (nSPS) is 19.1. The average molecular weight is 319 g/mol. The number of benzene rings is 1. The van der Waals surface area contributed by atoms with Crippen LogP contribution in [0.2, 0.25) is 0 Å². The van der Waals surface area contributed by atoms with Crippen LogP contribution in [0.5, 0.6) is 5.75 Å². The zero-order chi connectivity index (χ0) is 16.8. The Hall–Kier alpha value is -2.08. The summed E-state index contributed by atoms with van der Waals surface area (Å²) in [7, 11) is 1.61. The maximum atomic E-state index is 12.6. The van der Waals surface area contributed by atoms with Crippen LogP contribution in [0.4, 0.5) is 0 Å². The Morgan fingerprint density at radius 3 is 2.65 bits per heavy atom. The highest BCUT2D eigenvalue weighted by molar-refractivity contribution is 5.79. The molecule has 1 fully saturated rings. The molecule has 2 atom stereocenters. The van der Waals surface area contributed by atoms with E-state index >= 15 is 0 Å². The highest BCUT2D eigenvalue weighted by Gasteiger charge is 2.24. The zero-order valence-corrected chi connectivity index (χ0v) is 14.0. The fourth-order valence-electron chi connectivity index (χ4n) is 2.80. The largest absolute Gasteiger partial charge is 0.497 e. The van der Waals surface area contributed by atoms with E-state index in [9.17, 15) is 9.59 Å². The number of carbonyl (C=O) groups is 2. The van der Waals surface area contributed by atoms with E-state index in [1.165, 1.54) is 6.92 Å². The van der Waals surface area contributed by atoms with E-state index in [2.05, 4.69) is 17.6 Å². The van der Waals surface area contributed by atoms with Crippen molar-refractivity contribution in [2.45, 2.75) is 32.4 Å². The predicted octanol–water partition coefficient (Wildman–Crippen LogP) is 1.08. The van der Waals surface area contributed by atoms with Crippen molar-refractivity contribution >= 4 is 11.8 Å². The lowest BCUT2D eigenvalue weighted by molar-refractivity contribution is -0.133. The first-order valence-electron chi connectivity index (χ1n) is 7.92. The Morgan fingerprint density at radius 2 is 2.09 bits per heavy atom. The molecule has 1 aromatic rings. The molecule has 2 amide bonds. The van der Waals surface area contributed by atoms with Crippen molar-refractivity contribution in [3.63, 3.8) is 0 Å². The van der Waals surface area contributed by atoms with Crippen LogP contribution in [0.15, 0.2) is 24.3 Å². The van der Waals surface area contributed by atoms with E-state index in [0.717, 1.165) is 17.9 Å². The second-order valence-corrected chi connectivity index (χ2v) is 5.93. The third kappa shape index (κ3) is 4.96. The molecule has 0 aliphatic carbocycles. The maximum absolute atomic E-state index is 12.6. The molecule has 6 nitrogen and oxygen atoms in total. The molecule has 2 N–H and O–H groups in total. The number of hydrogen-bond acceptors (Lipinski definition) is 4. The minimum absolute atomic E-state index is 0.0629. The van der Waals surface area contributed by atoms with Gasteiger partial charge in [-0.05, 0) is 24.6 Å². The lowest BCUT2D eigenvalue weighted by atomic mass is 10.0. The number of rotatable bonds is 5. The third-order valence-electron chi connectivity index (χ3n) is 4.00. The molecule has 1 heterocycles. The van der Waals surface area contributed by atoms with Gasteiger partial charge in [0.05, 0.1) is 19.6 Å². The summed E-state index contributed by atoms with van der Waals surface area (Å²) in [4.78, 5) is 25.9. The SMILES string of the molecule is COc1ccc([C@H](CC(=O)N2CCN[C@@H](C)C2)NC(C)=O)cc1. The van der Waals surface area contributed by atoms with E-state index < -0.39 is 0 Å². The molecule has 0 aromatic heterocycles. The molecule has 1 aromatic carbocycles. The summed E-state index contributed by atoms with van der Waals surface area (Å²) in [5.74, 6) is 0.665. The minimum Gasteiger partial charge on any atom is -0.497 e. The van der Waals surface area contributed by atoms with E-state index in [1.54, 1.807) is 7.11 Å². The van der Waals surface area contributed by atoms with Crippen molar-refractivity contribution < 1.29 is 14.3 Å². The minimum atomic E-state index is -0.323. The van der Waals surface area contributed by atoms with Gasteiger partial charge in [0.1, 0.15) is 5.75 Å². The standard InChI is InChI=1S/C17H25N3O3/c1-12-11-20(9-8-18-12)17(22)10-16(19-13(2)21)14-4-6-15(23-3)7-5-14/h4-7,12,16,18H,8-11H2,1-3H3,(H,19,21)/t12-,16-/m0/s1. The lowest BCUT2D eigenvalue weighted by Crippen LogP contribution is -2.51. The maximum Gasteiger partial charge on any atom is 0.225 e. The number of methoxy groups -OCH3 is 1. The molecule has 0 bridgehead atoms. The van der Waals surface area contributed by atoms with Crippen molar-refractivity contribution in [2.24, 2.45) is 0 Å². The van der Waals surface area contributed by atoms with Crippen molar-refractivity contribution in [1.29, 1.82) is 0 Å². The monoisotopic (exact) mass is 319 g/mol. The quantitative estimate of drug-likeness (QED) is 0.852. The highest BCUT2D eigenvalue weighted by atomic mass is 16.5. The van der Waals surface area contributed by atoms with E-state index in [4.69, 9.17) is 4.74 Å². The molecule has 1 saturated heterocycles. The summed E-state index contributed by atoms with van der Waals surface area (Å²) >= 11 is 0. The molecule has 126 valence electrons. The first-order valence-corrected chi connectivity index (χ1v) is 7.92. The number of piperazine rings is 1. The van der Waals surface area contributed by atoms with Gasteiger partial charge in [-0.3, -0.25) is 9.59 Å². The average Bonchev–Trinajstić information content (AvgIpc) is 2.54. The third-order valence-corrected chi connectivity index (χ3v) is 4.00. The summed E-state index contributed by atoms with van der Waals surface area (Å²) in [6.45, 7) is 5.75. The van der Waals surface area contributed by atoms with Gasteiger partial charge in [0.2, 0.25) is 11.8 Å². The molecule has 0 saturated carbocycles. The van der Waals surface area contributed by atoms with Crippen LogP contribution < -0.4 is 15.4 Å². The molecule has 1 aliphatic heterocycles. The van der Waals surface area contributed by atoms with Crippen LogP contribution >= 0.6 is 0 Å². The van der Waals surface area contributed by atoms with Gasteiger partial charge >= 0.3 is 0 Å². The molecule has 0 spiro atoms. The Balaban J connectivity index is 2.08. The molecular weight excluding hydrogens is 294 g/mol. The van der Waals surface area contributed by atoms with E-state index in [0.29, 0.717) is 19.1 Å². The Morgan fingerprint density at radius 1 is 1.39 bits per heavy atom. The topological polar surface area (TPSA) is 70.7 Å². The number of ether oxygens (including phenoxy) is 1. The predicted molar refractivity (Wildman–Crippen MR) is 88.2 cm³/mol. The number of nitrogens with one attached hydrogen (secondary N) is 2. The second kappa shape index (κ2) is 7.97. The molecule has 2 rings (SSSR count).